The molecule has 0 amide bonds. The van der Waals surface area contributed by atoms with Crippen LogP contribution in [0.4, 0.5) is 52.7 Å². The monoisotopic (exact) mass is 679 g/mol. The summed E-state index contributed by atoms with van der Waals surface area (Å²) in [4.78, 5) is 46.1. The lowest BCUT2D eigenvalue weighted by Crippen LogP contribution is -2.64. The molecule has 0 radical (unpaired) electrons. The normalized spacial score (nSPS) is 23.2. The zero-order valence-corrected chi connectivity index (χ0v) is 21.1. The molecule has 11 nitrogen and oxygen atoms in total. The first-order valence-corrected chi connectivity index (χ1v) is 11.3. The van der Waals surface area contributed by atoms with Gasteiger partial charge in [0.2, 0.25) is 6.29 Å². The molecule has 1 saturated heterocycles. The predicted octanol–water partition coefficient (Wildman–Crippen LogP) is 3.52. The highest BCUT2D eigenvalue weighted by atomic mass is 19.4. The second kappa shape index (κ2) is 13.8. The highest BCUT2D eigenvalue weighted by Crippen LogP contribution is 2.36. The number of hydrogen-bond acceptors (Lipinski definition) is 11. The smallest absolute Gasteiger partial charge is 0.456 e. The van der Waals surface area contributed by atoms with Crippen LogP contribution in [0, 0.1) is 11.3 Å². The lowest BCUT2D eigenvalue weighted by molar-refractivity contribution is -0.326. The van der Waals surface area contributed by atoms with Crippen molar-refractivity contribution in [3.8, 4) is 6.07 Å². The molecule has 45 heavy (non-hydrogen) atoms. The molecule has 2 rings (SSSR count). The fourth-order valence-corrected chi connectivity index (χ4v) is 3.28. The van der Waals surface area contributed by atoms with Gasteiger partial charge < -0.3 is 28.4 Å². The van der Waals surface area contributed by atoms with E-state index in [0.29, 0.717) is 0 Å². The SMILES string of the molecule is N#CC(O[C@@H]1O[C@H](COC(=O)C(F)(F)F)[C@@H](OC(=O)C(F)(F)F)[C@H](OC(=O)C(F)(F)F)[C@H]1OC(=O)C(F)(F)F)c1ccccc1. The van der Waals surface area contributed by atoms with Gasteiger partial charge in [-0.1, -0.05) is 30.3 Å². The Morgan fingerprint density at radius 3 is 1.53 bits per heavy atom. The number of carbonyl (C=O) groups excluding carboxylic acids is 4. The Labute approximate surface area is 240 Å². The summed E-state index contributed by atoms with van der Waals surface area (Å²) in [7, 11) is 0. The molecule has 1 aliphatic rings. The van der Waals surface area contributed by atoms with Crippen molar-refractivity contribution in [3.63, 3.8) is 0 Å². The zero-order valence-electron chi connectivity index (χ0n) is 21.1. The highest BCUT2D eigenvalue weighted by molar-refractivity contribution is 5.78. The van der Waals surface area contributed by atoms with E-state index in [0.717, 1.165) is 12.1 Å². The molecule has 0 bridgehead atoms. The van der Waals surface area contributed by atoms with Crippen molar-refractivity contribution in [1.29, 1.82) is 5.26 Å². The fraction of sp³-hybridized carbons (Fsp3) is 0.500. The predicted molar refractivity (Wildman–Crippen MR) is 109 cm³/mol. The molecule has 1 heterocycles. The van der Waals surface area contributed by atoms with E-state index in [4.69, 9.17) is 9.47 Å². The molecule has 1 aromatic rings. The number of esters is 4. The summed E-state index contributed by atoms with van der Waals surface area (Å²) in [6.45, 7) is -2.02. The molecule has 1 unspecified atom stereocenters. The summed E-state index contributed by atoms with van der Waals surface area (Å²) >= 11 is 0. The minimum Gasteiger partial charge on any atom is -0.456 e. The Balaban J connectivity index is 2.74. The summed E-state index contributed by atoms with van der Waals surface area (Å²) in [6.07, 6.45) is -42.1. The molecule has 0 saturated carbocycles. The van der Waals surface area contributed by atoms with Crippen LogP contribution in [0.15, 0.2) is 30.3 Å². The zero-order chi connectivity index (χ0) is 34.5. The quantitative estimate of drug-likeness (QED) is 0.226. The number of nitriles is 1. The topological polar surface area (TPSA) is 147 Å². The summed E-state index contributed by atoms with van der Waals surface area (Å²) in [5.74, 6) is -13.3. The lowest BCUT2D eigenvalue weighted by Gasteiger charge is -2.44. The van der Waals surface area contributed by atoms with Crippen LogP contribution in [-0.2, 0) is 47.6 Å². The third-order valence-corrected chi connectivity index (χ3v) is 5.11. The highest BCUT2D eigenvalue weighted by Gasteiger charge is 2.59. The maximum absolute atomic E-state index is 13.1. The summed E-state index contributed by atoms with van der Waals surface area (Å²) in [6, 6.07) is 7.43. The van der Waals surface area contributed by atoms with Gasteiger partial charge in [0.05, 0.1) is 6.07 Å². The van der Waals surface area contributed by atoms with Crippen molar-refractivity contribution in [2.45, 2.75) is 61.5 Å². The molecular formula is C22H13F12NO10. The van der Waals surface area contributed by atoms with E-state index >= 15 is 0 Å². The van der Waals surface area contributed by atoms with E-state index in [1.54, 1.807) is 0 Å². The Bertz CT molecular complexity index is 1270. The largest absolute Gasteiger partial charge is 0.490 e. The molecule has 0 aliphatic carbocycles. The Morgan fingerprint density at radius 1 is 0.689 bits per heavy atom. The van der Waals surface area contributed by atoms with E-state index in [-0.39, 0.29) is 5.56 Å². The fourth-order valence-electron chi connectivity index (χ4n) is 3.28. The number of nitrogens with zero attached hydrogens (tertiary/aromatic N) is 1. The first-order valence-electron chi connectivity index (χ1n) is 11.3. The van der Waals surface area contributed by atoms with Gasteiger partial charge in [0.25, 0.3) is 0 Å². The van der Waals surface area contributed by atoms with Crippen LogP contribution < -0.4 is 0 Å². The maximum atomic E-state index is 13.1. The summed E-state index contributed by atoms with van der Waals surface area (Å²) in [5.41, 5.74) is -0.209. The van der Waals surface area contributed by atoms with Crippen LogP contribution in [0.5, 0.6) is 0 Å². The van der Waals surface area contributed by atoms with Crippen LogP contribution >= 0.6 is 0 Å². The van der Waals surface area contributed by atoms with Crippen LogP contribution in [0.2, 0.25) is 0 Å². The van der Waals surface area contributed by atoms with Crippen molar-refractivity contribution in [2.75, 3.05) is 6.61 Å². The van der Waals surface area contributed by atoms with Gasteiger partial charge in [-0.2, -0.15) is 57.9 Å². The second-order valence-electron chi connectivity index (χ2n) is 8.30. The van der Waals surface area contributed by atoms with Gasteiger partial charge >= 0.3 is 48.6 Å². The van der Waals surface area contributed by atoms with Crippen LogP contribution in [0.3, 0.4) is 0 Å². The molecule has 0 aromatic heterocycles. The van der Waals surface area contributed by atoms with Crippen LogP contribution in [0.25, 0.3) is 0 Å². The first kappa shape index (κ1) is 36.9. The second-order valence-corrected chi connectivity index (χ2v) is 8.30. The Hall–Kier alpha value is -4.33. The number of ether oxygens (including phenoxy) is 6. The number of rotatable bonds is 8. The molecule has 1 aromatic carbocycles. The summed E-state index contributed by atoms with van der Waals surface area (Å²) < 4.78 is 181. The Kier molecular flexibility index (Phi) is 11.3. The molecule has 6 atom stereocenters. The van der Waals surface area contributed by atoms with Gasteiger partial charge in [-0.15, -0.1) is 0 Å². The molecular weight excluding hydrogens is 666 g/mol. The minimum absolute atomic E-state index is 0.209. The van der Waals surface area contributed by atoms with Crippen LogP contribution in [0.1, 0.15) is 11.7 Å². The van der Waals surface area contributed by atoms with Gasteiger partial charge in [-0.3, -0.25) is 0 Å². The maximum Gasteiger partial charge on any atom is 0.490 e. The molecule has 1 aliphatic heterocycles. The number of hydrogen-bond donors (Lipinski definition) is 0. The van der Waals surface area contributed by atoms with E-state index in [1.807, 2.05) is 0 Å². The van der Waals surface area contributed by atoms with Gasteiger partial charge in [0.15, 0.2) is 24.4 Å². The summed E-state index contributed by atoms with van der Waals surface area (Å²) in [5, 5.41) is 9.48. The number of carbonyl (C=O) groups is 4. The third kappa shape index (κ3) is 10.1. The molecule has 0 spiro atoms. The minimum atomic E-state index is -6.11. The van der Waals surface area contributed by atoms with Gasteiger partial charge in [-0.25, -0.2) is 19.2 Å². The standard InChI is InChI=1S/C22H13F12NO10/c23-19(24,25)15(36)40-7-10-11(43-16(37)20(26,27)28)12(44-17(38)21(29,30)31)13(45-18(39)22(32,33)34)14(42-10)41-9(6-35)8-4-2-1-3-5-8/h1-5,9-14H,7H2/t9?,10-,11-,12+,13-,14-/m1/s1. The first-order chi connectivity index (χ1) is 20.5. The van der Waals surface area contributed by atoms with Crippen LogP contribution in [-0.4, -0.2) is 85.9 Å². The average molecular weight is 679 g/mol. The van der Waals surface area contributed by atoms with Crippen molar-refractivity contribution in [3.05, 3.63) is 35.9 Å². The number of halogens is 12. The molecule has 0 N–H and O–H groups in total. The van der Waals surface area contributed by atoms with Gasteiger partial charge in [0.1, 0.15) is 12.7 Å². The molecule has 1 fully saturated rings. The Morgan fingerprint density at radius 2 is 1.11 bits per heavy atom. The van der Waals surface area contributed by atoms with E-state index in [9.17, 15) is 77.1 Å². The van der Waals surface area contributed by atoms with Gasteiger partial charge in [0, 0.05) is 0 Å². The average Bonchev–Trinajstić information content (AvgIpc) is 2.91. The van der Waals surface area contributed by atoms with E-state index in [2.05, 4.69) is 18.9 Å². The van der Waals surface area contributed by atoms with E-state index < -0.39 is 92.0 Å². The molecule has 250 valence electrons. The molecule has 23 heteroatoms. The van der Waals surface area contributed by atoms with Gasteiger partial charge in [-0.05, 0) is 5.56 Å². The lowest BCUT2D eigenvalue weighted by atomic mass is 9.97. The van der Waals surface area contributed by atoms with Crippen molar-refractivity contribution < 1.29 is 100 Å². The van der Waals surface area contributed by atoms with E-state index in [1.165, 1.54) is 24.3 Å². The van der Waals surface area contributed by atoms with Crippen molar-refractivity contribution in [2.24, 2.45) is 0 Å². The van der Waals surface area contributed by atoms with Crippen molar-refractivity contribution >= 4 is 23.9 Å². The number of benzene rings is 1. The third-order valence-electron chi connectivity index (χ3n) is 5.11. The number of alkyl halides is 12. The van der Waals surface area contributed by atoms with Crippen molar-refractivity contribution in [1.82, 2.24) is 0 Å².